The minimum Gasteiger partial charge on any atom is -0.384 e. The quantitative estimate of drug-likeness (QED) is 0.154. The lowest BCUT2D eigenvalue weighted by atomic mass is 9.94. The molecule has 0 bridgehead atoms. The largest absolute Gasteiger partial charge is 0.384 e. The number of piperazine rings is 1. The van der Waals surface area contributed by atoms with Gasteiger partial charge in [-0.25, -0.2) is 13.8 Å². The number of H-pyrrole nitrogens is 1. The average molecular weight is 639 g/mol. The van der Waals surface area contributed by atoms with E-state index in [-0.39, 0.29) is 18.4 Å². The Labute approximate surface area is 270 Å². The van der Waals surface area contributed by atoms with Gasteiger partial charge in [0.25, 0.3) is 5.91 Å². The zero-order chi connectivity index (χ0) is 32.3. The van der Waals surface area contributed by atoms with E-state index in [9.17, 15) is 13.6 Å². The Morgan fingerprint density at radius 3 is 2.53 bits per heavy atom. The van der Waals surface area contributed by atoms with Crippen LogP contribution < -0.4 is 26.6 Å². The van der Waals surface area contributed by atoms with Gasteiger partial charge < -0.3 is 31.3 Å². The Bertz CT molecular complexity index is 1880. The van der Waals surface area contributed by atoms with Gasteiger partial charge in [-0.3, -0.25) is 9.89 Å². The van der Waals surface area contributed by atoms with Gasteiger partial charge in [0.1, 0.15) is 17.5 Å². The Kier molecular flexibility index (Phi) is 8.68. The van der Waals surface area contributed by atoms with E-state index in [1.54, 1.807) is 12.3 Å². The van der Waals surface area contributed by atoms with E-state index in [1.807, 2.05) is 30.3 Å². The number of halogens is 2. The van der Waals surface area contributed by atoms with E-state index in [1.165, 1.54) is 12.1 Å². The van der Waals surface area contributed by atoms with E-state index < -0.39 is 11.6 Å². The first-order valence-electron chi connectivity index (χ1n) is 15.8. The molecule has 2 saturated heterocycles. The molecule has 2 aliphatic heterocycles. The van der Waals surface area contributed by atoms with Crippen molar-refractivity contribution in [3.63, 3.8) is 0 Å². The molecular weight excluding hydrogens is 602 g/mol. The van der Waals surface area contributed by atoms with Gasteiger partial charge in [0.05, 0.1) is 11.1 Å². The van der Waals surface area contributed by atoms with Crippen molar-refractivity contribution in [2.75, 3.05) is 60.7 Å². The number of aromatic amines is 1. The maximum Gasteiger partial charge on any atom is 0.258 e. The molecule has 0 unspecified atom stereocenters. The number of benzene rings is 3. The van der Waals surface area contributed by atoms with Gasteiger partial charge in [-0.2, -0.15) is 5.10 Å². The van der Waals surface area contributed by atoms with Gasteiger partial charge in [-0.05, 0) is 90.6 Å². The summed E-state index contributed by atoms with van der Waals surface area (Å²) in [6.45, 7) is 4.94. The number of hydrogen-bond donors (Lipinski definition) is 5. The van der Waals surface area contributed by atoms with Crippen molar-refractivity contribution >= 4 is 39.8 Å². The van der Waals surface area contributed by atoms with Gasteiger partial charge in [-0.15, -0.1) is 0 Å². The molecule has 0 saturated carbocycles. The number of anilines is 4. The number of nitrogens with two attached hydrogens (primary N) is 1. The van der Waals surface area contributed by atoms with Crippen LogP contribution in [0.3, 0.4) is 0 Å². The maximum absolute atomic E-state index is 14.1. The van der Waals surface area contributed by atoms with E-state index in [4.69, 9.17) is 10.5 Å². The first kappa shape index (κ1) is 30.6. The second-order valence-corrected chi connectivity index (χ2v) is 12.0. The first-order chi connectivity index (χ1) is 22.9. The van der Waals surface area contributed by atoms with Crippen molar-refractivity contribution < 1.29 is 18.3 Å². The van der Waals surface area contributed by atoms with E-state index >= 15 is 0 Å². The van der Waals surface area contributed by atoms with Crippen LogP contribution in [0.1, 0.15) is 34.3 Å². The highest BCUT2D eigenvalue weighted by atomic mass is 19.1. The highest BCUT2D eigenvalue weighted by Gasteiger charge is 2.22. The fraction of sp³-hybridized carbons (Fsp3) is 0.286. The second kappa shape index (κ2) is 13.3. The van der Waals surface area contributed by atoms with Gasteiger partial charge in [0.15, 0.2) is 5.82 Å². The molecule has 0 aliphatic carbocycles. The summed E-state index contributed by atoms with van der Waals surface area (Å²) in [5, 5.41) is 18.2. The number of fused-ring (bicyclic) bond motifs is 1. The highest BCUT2D eigenvalue weighted by molar-refractivity contribution is 6.11. The lowest BCUT2D eigenvalue weighted by molar-refractivity contribution is 0.0904. The van der Waals surface area contributed by atoms with Crippen LogP contribution in [0, 0.1) is 11.6 Å². The summed E-state index contributed by atoms with van der Waals surface area (Å²) in [5.41, 5.74) is 11.6. The maximum atomic E-state index is 14.1. The molecule has 0 radical (unpaired) electrons. The lowest BCUT2D eigenvalue weighted by Gasteiger charge is -2.31. The molecule has 4 heterocycles. The van der Waals surface area contributed by atoms with Gasteiger partial charge in [0.2, 0.25) is 0 Å². The number of aromatic nitrogens is 3. The summed E-state index contributed by atoms with van der Waals surface area (Å²) < 4.78 is 33.8. The summed E-state index contributed by atoms with van der Waals surface area (Å²) >= 11 is 0. The summed E-state index contributed by atoms with van der Waals surface area (Å²) in [6.07, 6.45) is 3.59. The van der Waals surface area contributed by atoms with Crippen LogP contribution in [0.25, 0.3) is 22.0 Å². The van der Waals surface area contributed by atoms with Crippen molar-refractivity contribution in [3.8, 4) is 11.1 Å². The monoisotopic (exact) mass is 638 g/mol. The minimum atomic E-state index is -0.652. The van der Waals surface area contributed by atoms with E-state index in [0.29, 0.717) is 46.9 Å². The number of hydrogen-bond acceptors (Lipinski definition) is 8. The van der Waals surface area contributed by atoms with Crippen LogP contribution in [-0.2, 0) is 11.2 Å². The molecule has 1 amide bonds. The highest BCUT2D eigenvalue weighted by Crippen LogP contribution is 2.34. The van der Waals surface area contributed by atoms with Crippen LogP contribution >= 0.6 is 0 Å². The number of carbonyl (C=O) groups excluding carboxylic acids is 1. The molecule has 10 nitrogen and oxygen atoms in total. The summed E-state index contributed by atoms with van der Waals surface area (Å²) in [5.74, 6) is -0.883. The molecule has 2 aliphatic rings. The normalized spacial score (nSPS) is 15.6. The Morgan fingerprint density at radius 2 is 1.79 bits per heavy atom. The topological polar surface area (TPSA) is 133 Å². The molecule has 47 heavy (non-hydrogen) atoms. The molecule has 6 N–H and O–H groups in total. The summed E-state index contributed by atoms with van der Waals surface area (Å²) in [6, 6.07) is 16.9. The van der Waals surface area contributed by atoms with Crippen molar-refractivity contribution in [3.05, 3.63) is 95.2 Å². The number of nitrogens with one attached hydrogen (secondary N) is 4. The van der Waals surface area contributed by atoms with Crippen LogP contribution in [-0.4, -0.2) is 66.5 Å². The number of carbonyl (C=O) groups is 1. The molecule has 7 rings (SSSR count). The number of pyridine rings is 1. The first-order valence-corrected chi connectivity index (χ1v) is 15.8. The molecule has 0 spiro atoms. The predicted octanol–water partition coefficient (Wildman–Crippen LogP) is 5.33. The third kappa shape index (κ3) is 6.88. The average Bonchev–Trinajstić information content (AvgIpc) is 3.46. The van der Waals surface area contributed by atoms with Crippen LogP contribution in [0.4, 0.5) is 31.8 Å². The molecule has 2 fully saturated rings. The van der Waals surface area contributed by atoms with Crippen LogP contribution in [0.15, 0.2) is 66.9 Å². The SMILES string of the molecule is Nc1ccc(-c2cc3[nH]nc(NC(=O)c4ccc(N5CCNCC5)cc4NC4CCOCC4)c3cc2Cc2cc(F)cc(F)c2)cn1. The Balaban J connectivity index is 1.23. The molecule has 2 aromatic heterocycles. The van der Waals surface area contributed by atoms with Gasteiger partial charge in [0, 0.05) is 80.0 Å². The number of nitrogens with zero attached hydrogens (tertiary/aromatic N) is 3. The molecular formula is C35H36F2N8O2. The zero-order valence-electron chi connectivity index (χ0n) is 25.8. The van der Waals surface area contributed by atoms with Crippen molar-refractivity contribution in [2.45, 2.75) is 25.3 Å². The fourth-order valence-electron chi connectivity index (χ4n) is 6.32. The standard InChI is InChI=1S/C35H36F2N8O2/c36-24-14-21(15-25(37)17-24)13-23-16-30-32(19-29(23)22-1-4-33(38)40-20-22)43-44-34(30)42-35(46)28-3-2-27(45-9-7-39-8-10-45)18-31(28)41-26-5-11-47-12-6-26/h1-4,14-20,26,39,41H,5-13H2,(H2,38,40)(H2,42,43,44,46). The van der Waals surface area contributed by atoms with Gasteiger partial charge in [-0.1, -0.05) is 0 Å². The lowest BCUT2D eigenvalue weighted by Crippen LogP contribution is -2.43. The van der Waals surface area contributed by atoms with Crippen LogP contribution in [0.5, 0.6) is 0 Å². The molecule has 12 heteroatoms. The number of amides is 1. The Morgan fingerprint density at radius 1 is 1.00 bits per heavy atom. The smallest absolute Gasteiger partial charge is 0.258 e. The van der Waals surface area contributed by atoms with E-state index in [2.05, 4.69) is 42.1 Å². The molecule has 242 valence electrons. The number of nitrogen functional groups attached to an aromatic ring is 1. The third-order valence-corrected chi connectivity index (χ3v) is 8.74. The van der Waals surface area contributed by atoms with Gasteiger partial charge >= 0.3 is 0 Å². The zero-order valence-corrected chi connectivity index (χ0v) is 25.8. The van der Waals surface area contributed by atoms with Crippen LogP contribution in [0.2, 0.25) is 0 Å². The fourth-order valence-corrected chi connectivity index (χ4v) is 6.32. The third-order valence-electron chi connectivity index (χ3n) is 8.74. The van der Waals surface area contributed by atoms with Crippen molar-refractivity contribution in [2.24, 2.45) is 0 Å². The summed E-state index contributed by atoms with van der Waals surface area (Å²) in [7, 11) is 0. The second-order valence-electron chi connectivity index (χ2n) is 12.0. The number of rotatable bonds is 8. The Hall–Kier alpha value is -5.07. The summed E-state index contributed by atoms with van der Waals surface area (Å²) in [4.78, 5) is 20.5. The van der Waals surface area contributed by atoms with E-state index in [0.717, 1.165) is 73.2 Å². The molecule has 0 atom stereocenters. The predicted molar refractivity (Wildman–Crippen MR) is 180 cm³/mol. The van der Waals surface area contributed by atoms with Crippen molar-refractivity contribution in [1.82, 2.24) is 20.5 Å². The molecule has 3 aromatic carbocycles. The molecule has 5 aromatic rings. The number of ether oxygens (including phenoxy) is 1. The van der Waals surface area contributed by atoms with Crippen molar-refractivity contribution in [1.29, 1.82) is 0 Å². The minimum absolute atomic E-state index is 0.191.